The number of nitrogens with zero attached hydrogens (tertiary/aromatic N) is 4. The lowest BCUT2D eigenvalue weighted by atomic mass is 10.5. The molecule has 2 heterocycles. The zero-order valence-electron chi connectivity index (χ0n) is 21.9. The maximum Gasteiger partial charge on any atom is 0.353 e. The molecule has 0 aliphatic carbocycles. The third kappa shape index (κ3) is 14.4. The number of imidazole rings is 1. The van der Waals surface area contributed by atoms with E-state index in [2.05, 4.69) is 15.0 Å². The lowest BCUT2D eigenvalue weighted by Crippen LogP contribution is -2.14. The van der Waals surface area contributed by atoms with Crippen LogP contribution in [0.4, 0.5) is 5.82 Å². The first-order valence-corrected chi connectivity index (χ1v) is 14.2. The van der Waals surface area contributed by atoms with Gasteiger partial charge in [0.05, 0.1) is 92.2 Å². The van der Waals surface area contributed by atoms with Crippen LogP contribution in [-0.4, -0.2) is 123 Å². The van der Waals surface area contributed by atoms with Crippen molar-refractivity contribution in [2.24, 2.45) is 0 Å². The molecule has 218 valence electrons. The molecule has 0 saturated carbocycles. The Morgan fingerprint density at radius 2 is 1.29 bits per heavy atom. The van der Waals surface area contributed by atoms with Gasteiger partial charge in [-0.05, 0) is 6.92 Å². The highest BCUT2D eigenvalue weighted by atomic mass is 31.2. The predicted molar refractivity (Wildman–Crippen MR) is 137 cm³/mol. The Kier molecular flexibility index (Phi) is 17.2. The first-order valence-electron chi connectivity index (χ1n) is 12.5. The lowest BCUT2D eigenvalue weighted by Gasteiger charge is -2.13. The highest BCUT2D eigenvalue weighted by molar-refractivity contribution is 7.52. The molecule has 16 heteroatoms. The Morgan fingerprint density at radius 1 is 0.763 bits per heavy atom. The standard InChI is InChI=1S/C22H40N5O10P/c1-2-30-5-6-31-7-8-32-9-10-33-11-12-34-13-14-35-15-16-37-38(28,29)19-36-4-3-27-18-26-20-21(23)24-17-25-22(20)27/h17-18H,2-16,19H2,1H3,(H,28,29)(H2,23,24,25). The third-order valence-electron chi connectivity index (χ3n) is 4.75. The summed E-state index contributed by atoms with van der Waals surface area (Å²) in [6.07, 6.45) is 2.47. The Hall–Kier alpha value is -1.78. The summed E-state index contributed by atoms with van der Waals surface area (Å²) in [4.78, 5) is 22.0. The van der Waals surface area contributed by atoms with Crippen LogP contribution in [0.5, 0.6) is 0 Å². The van der Waals surface area contributed by atoms with Crippen molar-refractivity contribution in [3.63, 3.8) is 0 Å². The van der Waals surface area contributed by atoms with Gasteiger partial charge >= 0.3 is 7.60 Å². The van der Waals surface area contributed by atoms with Crippen molar-refractivity contribution in [3.05, 3.63) is 12.7 Å². The molecule has 0 aromatic carbocycles. The van der Waals surface area contributed by atoms with Crippen LogP contribution in [0.3, 0.4) is 0 Å². The van der Waals surface area contributed by atoms with Crippen molar-refractivity contribution in [1.29, 1.82) is 0 Å². The van der Waals surface area contributed by atoms with Crippen LogP contribution in [-0.2, 0) is 48.8 Å². The Labute approximate surface area is 222 Å². The molecule has 38 heavy (non-hydrogen) atoms. The number of fused-ring (bicyclic) bond motifs is 1. The van der Waals surface area contributed by atoms with Gasteiger partial charge in [0, 0.05) is 13.2 Å². The largest absolute Gasteiger partial charge is 0.382 e. The van der Waals surface area contributed by atoms with Gasteiger partial charge in [-0.3, -0.25) is 4.57 Å². The number of ether oxygens (including phenoxy) is 7. The normalized spacial score (nSPS) is 13.3. The van der Waals surface area contributed by atoms with E-state index in [1.54, 1.807) is 10.9 Å². The molecule has 0 aliphatic rings. The van der Waals surface area contributed by atoms with Crippen LogP contribution in [0.15, 0.2) is 12.7 Å². The molecule has 0 amide bonds. The van der Waals surface area contributed by atoms with E-state index < -0.39 is 13.9 Å². The predicted octanol–water partition coefficient (Wildman–Crippen LogP) is 0.704. The summed E-state index contributed by atoms with van der Waals surface area (Å²) in [6.45, 7) is 8.05. The molecular formula is C22H40N5O10P. The minimum absolute atomic E-state index is 0.0415. The maximum atomic E-state index is 12.1. The monoisotopic (exact) mass is 565 g/mol. The van der Waals surface area contributed by atoms with Gasteiger partial charge in [0.1, 0.15) is 18.2 Å². The number of hydrogen-bond donors (Lipinski definition) is 2. The minimum Gasteiger partial charge on any atom is -0.382 e. The molecule has 1 atom stereocenters. The van der Waals surface area contributed by atoms with E-state index in [0.717, 1.165) is 0 Å². The lowest BCUT2D eigenvalue weighted by molar-refractivity contribution is -0.0175. The molecule has 2 rings (SSSR count). The van der Waals surface area contributed by atoms with E-state index in [1.807, 2.05) is 6.92 Å². The van der Waals surface area contributed by atoms with Gasteiger partial charge in [0.2, 0.25) is 0 Å². The molecular weight excluding hydrogens is 525 g/mol. The van der Waals surface area contributed by atoms with Crippen molar-refractivity contribution >= 4 is 24.6 Å². The first-order chi connectivity index (χ1) is 18.5. The molecule has 0 fully saturated rings. The Balaban J connectivity index is 1.34. The van der Waals surface area contributed by atoms with Crippen LogP contribution < -0.4 is 5.73 Å². The molecule has 0 radical (unpaired) electrons. The molecule has 0 bridgehead atoms. The zero-order chi connectivity index (χ0) is 27.3. The molecule has 1 unspecified atom stereocenters. The summed E-state index contributed by atoms with van der Waals surface area (Å²) in [7, 11) is -3.89. The van der Waals surface area contributed by atoms with E-state index in [-0.39, 0.29) is 25.6 Å². The fraction of sp³-hybridized carbons (Fsp3) is 0.773. The van der Waals surface area contributed by atoms with Gasteiger partial charge in [-0.2, -0.15) is 0 Å². The summed E-state index contributed by atoms with van der Waals surface area (Å²) in [5.41, 5.74) is 6.81. The first kappa shape index (κ1) is 32.4. The summed E-state index contributed by atoms with van der Waals surface area (Å²) in [6, 6.07) is 0. The second-order valence-electron chi connectivity index (χ2n) is 7.64. The molecule has 2 aromatic rings. The van der Waals surface area contributed by atoms with E-state index in [1.165, 1.54) is 6.33 Å². The quantitative estimate of drug-likeness (QED) is 0.127. The van der Waals surface area contributed by atoms with Crippen LogP contribution in [0.1, 0.15) is 6.92 Å². The van der Waals surface area contributed by atoms with Crippen LogP contribution in [0, 0.1) is 0 Å². The highest BCUT2D eigenvalue weighted by Crippen LogP contribution is 2.41. The van der Waals surface area contributed by atoms with E-state index in [9.17, 15) is 9.46 Å². The average molecular weight is 566 g/mol. The molecule has 2 aromatic heterocycles. The number of nitrogens with two attached hydrogens (primary N) is 1. The second-order valence-corrected chi connectivity index (χ2v) is 9.43. The van der Waals surface area contributed by atoms with E-state index >= 15 is 0 Å². The van der Waals surface area contributed by atoms with Crippen molar-refractivity contribution in [2.75, 3.05) is 105 Å². The Morgan fingerprint density at radius 3 is 1.84 bits per heavy atom. The van der Waals surface area contributed by atoms with Crippen molar-refractivity contribution in [2.45, 2.75) is 13.5 Å². The summed E-state index contributed by atoms with van der Waals surface area (Å²) >= 11 is 0. The van der Waals surface area contributed by atoms with Gasteiger partial charge in [-0.1, -0.05) is 0 Å². The molecule has 3 N–H and O–H groups in total. The number of nitrogen functional groups attached to an aromatic ring is 1. The van der Waals surface area contributed by atoms with Crippen LogP contribution in [0.25, 0.3) is 11.2 Å². The van der Waals surface area contributed by atoms with Gasteiger partial charge in [0.15, 0.2) is 11.5 Å². The molecule has 0 aliphatic heterocycles. The summed E-state index contributed by atoms with van der Waals surface area (Å²) in [5, 5.41) is 0. The van der Waals surface area contributed by atoms with Crippen molar-refractivity contribution in [3.8, 4) is 0 Å². The molecule has 0 saturated heterocycles. The smallest absolute Gasteiger partial charge is 0.353 e. The number of aromatic nitrogens is 4. The summed E-state index contributed by atoms with van der Waals surface area (Å²) in [5.74, 6) is 0.287. The highest BCUT2D eigenvalue weighted by Gasteiger charge is 2.19. The van der Waals surface area contributed by atoms with Crippen LogP contribution >= 0.6 is 7.60 Å². The number of anilines is 1. The number of rotatable bonds is 25. The SMILES string of the molecule is CCOCCOCCOCCOCCOCCOCCOP(=O)(O)COCCn1cnc2c(N)ncnc21. The van der Waals surface area contributed by atoms with Crippen molar-refractivity contribution in [1.82, 2.24) is 19.5 Å². The van der Waals surface area contributed by atoms with Crippen molar-refractivity contribution < 1.29 is 47.1 Å². The third-order valence-corrected chi connectivity index (χ3v) is 5.84. The fourth-order valence-electron chi connectivity index (χ4n) is 2.93. The van der Waals surface area contributed by atoms with E-state index in [4.69, 9.17) is 43.4 Å². The van der Waals surface area contributed by atoms with Gasteiger partial charge in [0.25, 0.3) is 0 Å². The minimum atomic E-state index is -3.89. The summed E-state index contributed by atoms with van der Waals surface area (Å²) < 4.78 is 56.1. The van der Waals surface area contributed by atoms with Gasteiger partial charge < -0.3 is 52.9 Å². The molecule has 0 spiro atoms. The van der Waals surface area contributed by atoms with Crippen LogP contribution in [0.2, 0.25) is 0 Å². The average Bonchev–Trinajstić information content (AvgIpc) is 3.32. The fourth-order valence-corrected chi connectivity index (χ4v) is 3.72. The topological polar surface area (TPSA) is 181 Å². The van der Waals surface area contributed by atoms with Gasteiger partial charge in [-0.15, -0.1) is 0 Å². The van der Waals surface area contributed by atoms with Gasteiger partial charge in [-0.25, -0.2) is 15.0 Å². The Bertz CT molecular complexity index is 922. The molecule has 15 nitrogen and oxygen atoms in total. The second kappa shape index (κ2) is 20.2. The zero-order valence-corrected chi connectivity index (χ0v) is 22.8. The number of hydrogen-bond acceptors (Lipinski definition) is 13. The van der Waals surface area contributed by atoms with E-state index in [0.29, 0.717) is 90.4 Å². The maximum absolute atomic E-state index is 12.1.